The average Bonchev–Trinajstić information content (AvgIpc) is 2.84. The van der Waals surface area contributed by atoms with Gasteiger partial charge >= 0.3 is 0 Å². The minimum atomic E-state index is -0.992. The fourth-order valence-corrected chi connectivity index (χ4v) is 1.81. The minimum Gasteiger partial charge on any atom is -0.339 e. The molecule has 2 rings (SSSR count). The van der Waals surface area contributed by atoms with E-state index in [4.69, 9.17) is 4.52 Å². The third-order valence-corrected chi connectivity index (χ3v) is 2.81. The zero-order valence-electron chi connectivity index (χ0n) is 10.4. The van der Waals surface area contributed by atoms with Crippen molar-refractivity contribution < 1.29 is 18.5 Å². The van der Waals surface area contributed by atoms with E-state index in [1.165, 1.54) is 9.80 Å². The van der Waals surface area contributed by atoms with Gasteiger partial charge in [-0.15, -0.1) is 0 Å². The van der Waals surface area contributed by atoms with E-state index in [0.29, 0.717) is 19.0 Å². The first kappa shape index (κ1) is 13.2. The number of hydrogen-bond donors (Lipinski definition) is 0. The normalized spacial score (nSPS) is 15.5. The summed E-state index contributed by atoms with van der Waals surface area (Å²) in [6.07, 6.45) is 0. The molecule has 1 aromatic heterocycles. The largest absolute Gasteiger partial charge is 0.339 e. The Kier molecular flexibility index (Phi) is 3.59. The van der Waals surface area contributed by atoms with Crippen LogP contribution in [-0.2, 0) is 4.79 Å². The van der Waals surface area contributed by atoms with Gasteiger partial charge in [0.1, 0.15) is 0 Å². The fourth-order valence-electron chi connectivity index (χ4n) is 1.81. The minimum absolute atomic E-state index is 0.00724. The van der Waals surface area contributed by atoms with Gasteiger partial charge in [-0.05, 0) is 0 Å². The molecule has 0 aromatic carbocycles. The molecule has 0 spiro atoms. The predicted octanol–water partition coefficient (Wildman–Crippen LogP) is 0.146. The van der Waals surface area contributed by atoms with Gasteiger partial charge in [-0.25, -0.2) is 4.39 Å². The van der Waals surface area contributed by atoms with Crippen LogP contribution in [0.5, 0.6) is 0 Å². The van der Waals surface area contributed by atoms with E-state index in [1.807, 2.05) is 0 Å². The molecule has 0 bridgehead atoms. The maximum Gasteiger partial charge on any atom is 0.295 e. The number of aromatic nitrogens is 2. The van der Waals surface area contributed by atoms with Crippen molar-refractivity contribution in [1.29, 1.82) is 0 Å². The van der Waals surface area contributed by atoms with Crippen LogP contribution < -0.4 is 0 Å². The first-order valence-electron chi connectivity index (χ1n) is 5.72. The summed E-state index contributed by atoms with van der Waals surface area (Å²) in [7, 11) is 0. The summed E-state index contributed by atoms with van der Waals surface area (Å²) in [4.78, 5) is 30.0. The summed E-state index contributed by atoms with van der Waals surface area (Å²) in [5, 5.41) is 3.54. The zero-order chi connectivity index (χ0) is 14.0. The number of halogens is 1. The summed E-state index contributed by atoms with van der Waals surface area (Å²) >= 11 is 0. The van der Waals surface area contributed by atoms with E-state index in [9.17, 15) is 14.0 Å². The molecule has 0 atom stereocenters. The number of rotatable bonds is 2. The van der Waals surface area contributed by atoms with Crippen molar-refractivity contribution in [2.45, 2.75) is 6.92 Å². The third-order valence-electron chi connectivity index (χ3n) is 2.81. The van der Waals surface area contributed by atoms with Crippen molar-refractivity contribution >= 4 is 11.8 Å². The molecule has 8 heteroatoms. The number of carbonyl (C=O) groups is 2. The zero-order valence-corrected chi connectivity index (χ0v) is 10.4. The van der Waals surface area contributed by atoms with E-state index in [0.717, 1.165) is 0 Å². The predicted molar refractivity (Wildman–Crippen MR) is 61.8 cm³/mol. The fraction of sp³-hybridized carbons (Fsp3) is 0.455. The van der Waals surface area contributed by atoms with E-state index >= 15 is 0 Å². The Bertz CT molecular complexity index is 520. The van der Waals surface area contributed by atoms with Gasteiger partial charge in [0, 0.05) is 33.1 Å². The second-order valence-electron chi connectivity index (χ2n) is 4.13. The Morgan fingerprint density at radius 1 is 1.26 bits per heavy atom. The van der Waals surface area contributed by atoms with Crippen molar-refractivity contribution in [3.8, 4) is 0 Å². The van der Waals surface area contributed by atoms with Crippen molar-refractivity contribution in [3.63, 3.8) is 0 Å². The van der Waals surface area contributed by atoms with Gasteiger partial charge in [-0.3, -0.25) is 9.59 Å². The molecule has 2 heterocycles. The summed E-state index contributed by atoms with van der Waals surface area (Å²) in [6.45, 7) is 5.66. The lowest BCUT2D eigenvalue weighted by Gasteiger charge is -2.33. The maximum absolute atomic E-state index is 12.7. The van der Waals surface area contributed by atoms with Gasteiger partial charge in [0.15, 0.2) is 5.83 Å². The van der Waals surface area contributed by atoms with E-state index in [1.54, 1.807) is 6.92 Å². The molecule has 0 aliphatic carbocycles. The Hall–Kier alpha value is -2.25. The van der Waals surface area contributed by atoms with Crippen molar-refractivity contribution in [2.24, 2.45) is 0 Å². The van der Waals surface area contributed by atoms with Crippen LogP contribution in [0.4, 0.5) is 4.39 Å². The summed E-state index contributed by atoms with van der Waals surface area (Å²) in [5.41, 5.74) is 0. The molecule has 19 heavy (non-hydrogen) atoms. The van der Waals surface area contributed by atoms with Gasteiger partial charge < -0.3 is 14.3 Å². The Morgan fingerprint density at radius 2 is 1.84 bits per heavy atom. The van der Waals surface area contributed by atoms with Gasteiger partial charge in [0.05, 0.1) is 0 Å². The monoisotopic (exact) mass is 268 g/mol. The van der Waals surface area contributed by atoms with Crippen LogP contribution in [0.3, 0.4) is 0 Å². The van der Waals surface area contributed by atoms with Crippen LogP contribution >= 0.6 is 0 Å². The Labute approximate surface area is 108 Å². The van der Waals surface area contributed by atoms with Gasteiger partial charge in [-0.1, -0.05) is 11.7 Å². The highest BCUT2D eigenvalue weighted by Crippen LogP contribution is 2.09. The lowest BCUT2D eigenvalue weighted by atomic mass is 10.3. The summed E-state index contributed by atoms with van der Waals surface area (Å²) < 4.78 is 17.4. The highest BCUT2D eigenvalue weighted by Gasteiger charge is 2.28. The molecule has 1 aliphatic heterocycles. The summed E-state index contributed by atoms with van der Waals surface area (Å²) in [5.74, 6) is -1.78. The highest BCUT2D eigenvalue weighted by atomic mass is 19.1. The van der Waals surface area contributed by atoms with Gasteiger partial charge in [0.2, 0.25) is 5.89 Å². The number of carbonyl (C=O) groups excluding carboxylic acids is 2. The van der Waals surface area contributed by atoms with Crippen LogP contribution in [-0.4, -0.2) is 57.9 Å². The number of amides is 2. The molecular formula is C11H13FN4O3. The number of aryl methyl sites for hydroxylation is 1. The first-order valence-corrected chi connectivity index (χ1v) is 5.72. The second-order valence-corrected chi connectivity index (χ2v) is 4.13. The number of piperazine rings is 1. The van der Waals surface area contributed by atoms with Gasteiger partial charge in [0.25, 0.3) is 17.6 Å². The third kappa shape index (κ3) is 2.78. The quantitative estimate of drug-likeness (QED) is 0.713. The molecule has 2 amide bonds. The first-order chi connectivity index (χ1) is 8.99. The van der Waals surface area contributed by atoms with Crippen LogP contribution in [0.15, 0.2) is 16.9 Å². The molecule has 1 aromatic rings. The van der Waals surface area contributed by atoms with Crippen LogP contribution in [0, 0.1) is 6.92 Å². The van der Waals surface area contributed by atoms with Crippen LogP contribution in [0.1, 0.15) is 16.5 Å². The van der Waals surface area contributed by atoms with Crippen LogP contribution in [0.2, 0.25) is 0 Å². The number of nitrogens with zero attached hydrogens (tertiary/aromatic N) is 4. The smallest absolute Gasteiger partial charge is 0.295 e. The number of hydrogen-bond acceptors (Lipinski definition) is 5. The highest BCUT2D eigenvalue weighted by molar-refractivity contribution is 5.92. The SMILES string of the molecule is C=C(F)C(=O)N1CCN(C(=O)c2noc(C)n2)CC1. The van der Waals surface area contributed by atoms with E-state index in [-0.39, 0.29) is 24.8 Å². The topological polar surface area (TPSA) is 79.5 Å². The summed E-state index contributed by atoms with van der Waals surface area (Å²) in [6, 6.07) is 0. The van der Waals surface area contributed by atoms with E-state index in [2.05, 4.69) is 16.7 Å². The van der Waals surface area contributed by atoms with Crippen molar-refractivity contribution in [2.75, 3.05) is 26.2 Å². The standard InChI is InChI=1S/C11H13FN4O3/c1-7(12)10(17)15-3-5-16(6-4-15)11(18)9-13-8(2)19-14-9/h1,3-6H2,2H3. The van der Waals surface area contributed by atoms with Gasteiger partial charge in [-0.2, -0.15) is 4.98 Å². The molecule has 0 unspecified atom stereocenters. The maximum atomic E-state index is 12.7. The molecule has 1 fully saturated rings. The Morgan fingerprint density at radius 3 is 2.32 bits per heavy atom. The van der Waals surface area contributed by atoms with Crippen molar-refractivity contribution in [3.05, 3.63) is 24.1 Å². The molecule has 102 valence electrons. The molecule has 0 radical (unpaired) electrons. The molecule has 7 nitrogen and oxygen atoms in total. The van der Waals surface area contributed by atoms with Crippen molar-refractivity contribution in [1.82, 2.24) is 19.9 Å². The lowest BCUT2D eigenvalue weighted by molar-refractivity contribution is -0.130. The molecular weight excluding hydrogens is 255 g/mol. The second kappa shape index (κ2) is 5.17. The van der Waals surface area contributed by atoms with E-state index < -0.39 is 11.7 Å². The Balaban J connectivity index is 1.95. The molecule has 1 saturated heterocycles. The average molecular weight is 268 g/mol. The van der Waals surface area contributed by atoms with Crippen LogP contribution in [0.25, 0.3) is 0 Å². The molecule has 0 N–H and O–H groups in total. The lowest BCUT2D eigenvalue weighted by Crippen LogP contribution is -2.50. The molecule has 1 aliphatic rings. The molecule has 0 saturated carbocycles.